The number of anilines is 1. The molecule has 0 radical (unpaired) electrons. The van der Waals surface area contributed by atoms with Crippen molar-refractivity contribution in [1.29, 1.82) is 0 Å². The van der Waals surface area contributed by atoms with Crippen LogP contribution in [0.5, 0.6) is 0 Å². The fourth-order valence-electron chi connectivity index (χ4n) is 2.64. The van der Waals surface area contributed by atoms with Crippen molar-refractivity contribution >= 4 is 11.6 Å². The van der Waals surface area contributed by atoms with Gasteiger partial charge in [0, 0.05) is 12.1 Å². The van der Waals surface area contributed by atoms with Crippen molar-refractivity contribution in [2.24, 2.45) is 5.73 Å². The molecular weight excluding hydrogens is 248 g/mol. The van der Waals surface area contributed by atoms with Crippen LogP contribution in [0.25, 0.3) is 0 Å². The van der Waals surface area contributed by atoms with Gasteiger partial charge in [0.15, 0.2) is 0 Å². The summed E-state index contributed by atoms with van der Waals surface area (Å²) in [5.41, 5.74) is 10.6. The summed E-state index contributed by atoms with van der Waals surface area (Å²) in [5, 5.41) is 2.95. The van der Waals surface area contributed by atoms with E-state index in [9.17, 15) is 4.79 Å². The number of hydrogen-bond acceptors (Lipinski definition) is 2. The Labute approximate surface area is 118 Å². The van der Waals surface area contributed by atoms with Crippen molar-refractivity contribution in [1.82, 2.24) is 0 Å². The van der Waals surface area contributed by atoms with E-state index in [2.05, 4.69) is 11.4 Å². The van der Waals surface area contributed by atoms with E-state index in [0.29, 0.717) is 6.42 Å². The van der Waals surface area contributed by atoms with E-state index in [1.807, 2.05) is 42.5 Å². The zero-order valence-electron chi connectivity index (χ0n) is 11.3. The van der Waals surface area contributed by atoms with Gasteiger partial charge in [-0.3, -0.25) is 4.79 Å². The van der Waals surface area contributed by atoms with Crippen molar-refractivity contribution < 1.29 is 4.79 Å². The predicted molar refractivity (Wildman–Crippen MR) is 80.5 cm³/mol. The van der Waals surface area contributed by atoms with Crippen LogP contribution in [-0.4, -0.2) is 5.91 Å². The van der Waals surface area contributed by atoms with Crippen LogP contribution in [0.15, 0.2) is 48.5 Å². The number of hydrogen-bond donors (Lipinski definition) is 2. The molecule has 0 aromatic heterocycles. The Kier molecular flexibility index (Phi) is 3.52. The van der Waals surface area contributed by atoms with Gasteiger partial charge in [-0.25, -0.2) is 0 Å². The van der Waals surface area contributed by atoms with Crippen molar-refractivity contribution in [3.63, 3.8) is 0 Å². The second-order valence-corrected chi connectivity index (χ2v) is 5.21. The van der Waals surface area contributed by atoms with Crippen LogP contribution in [-0.2, 0) is 11.2 Å². The van der Waals surface area contributed by atoms with Gasteiger partial charge >= 0.3 is 0 Å². The first-order valence-corrected chi connectivity index (χ1v) is 6.97. The Hall–Kier alpha value is -2.13. The van der Waals surface area contributed by atoms with Crippen LogP contribution < -0.4 is 11.1 Å². The minimum Gasteiger partial charge on any atom is -0.326 e. The summed E-state index contributed by atoms with van der Waals surface area (Å²) < 4.78 is 0. The van der Waals surface area contributed by atoms with E-state index in [1.54, 1.807) is 0 Å². The minimum absolute atomic E-state index is 0.101. The van der Waals surface area contributed by atoms with Gasteiger partial charge < -0.3 is 11.1 Å². The van der Waals surface area contributed by atoms with Crippen LogP contribution in [0.4, 0.5) is 5.69 Å². The average Bonchev–Trinajstić information content (AvgIpc) is 2.67. The molecule has 1 atom stereocenters. The fraction of sp³-hybridized carbons (Fsp3) is 0.235. The number of carbonyl (C=O) groups excluding carboxylic acids is 1. The van der Waals surface area contributed by atoms with Crippen LogP contribution in [0, 0.1) is 0 Å². The number of carbonyl (C=O) groups is 1. The number of aryl methyl sites for hydroxylation is 1. The third kappa shape index (κ3) is 2.58. The highest BCUT2D eigenvalue weighted by Gasteiger charge is 2.15. The van der Waals surface area contributed by atoms with E-state index in [-0.39, 0.29) is 11.9 Å². The third-order valence-corrected chi connectivity index (χ3v) is 3.77. The molecule has 0 aliphatic carbocycles. The standard InChI is InChI=1S/C17H18N2O/c18-17(12-5-2-1-3-6-12)14-9-10-15-13(11-14)7-4-8-16(20)19-15/h1-3,5-6,9-11,17H,4,7-8,18H2,(H,19,20). The first-order chi connectivity index (χ1) is 9.74. The topological polar surface area (TPSA) is 55.1 Å². The largest absolute Gasteiger partial charge is 0.326 e. The summed E-state index contributed by atoms with van der Waals surface area (Å²) in [6.45, 7) is 0. The maximum Gasteiger partial charge on any atom is 0.224 e. The van der Waals surface area contributed by atoms with E-state index in [0.717, 1.165) is 29.7 Å². The summed E-state index contributed by atoms with van der Waals surface area (Å²) in [7, 11) is 0. The lowest BCUT2D eigenvalue weighted by Gasteiger charge is -2.15. The first kappa shape index (κ1) is 12.9. The van der Waals surface area contributed by atoms with Crippen molar-refractivity contribution in [2.75, 3.05) is 5.32 Å². The average molecular weight is 266 g/mol. The van der Waals surface area contributed by atoms with Crippen LogP contribution in [0.1, 0.15) is 35.6 Å². The molecule has 1 heterocycles. The Morgan fingerprint density at radius 2 is 1.80 bits per heavy atom. The maximum absolute atomic E-state index is 11.6. The van der Waals surface area contributed by atoms with Gasteiger partial charge in [0.05, 0.1) is 6.04 Å². The molecule has 20 heavy (non-hydrogen) atoms. The van der Waals surface area contributed by atoms with Crippen LogP contribution in [0.2, 0.25) is 0 Å². The number of rotatable bonds is 2. The molecule has 0 saturated carbocycles. The van der Waals surface area contributed by atoms with Gasteiger partial charge in [0.2, 0.25) is 5.91 Å². The highest BCUT2D eigenvalue weighted by Crippen LogP contribution is 2.27. The van der Waals surface area contributed by atoms with Crippen molar-refractivity contribution in [2.45, 2.75) is 25.3 Å². The zero-order valence-corrected chi connectivity index (χ0v) is 11.3. The van der Waals surface area contributed by atoms with Gasteiger partial charge in [-0.15, -0.1) is 0 Å². The second-order valence-electron chi connectivity index (χ2n) is 5.21. The predicted octanol–water partition coefficient (Wildman–Crippen LogP) is 3.01. The van der Waals surface area contributed by atoms with Crippen molar-refractivity contribution in [3.8, 4) is 0 Å². The Balaban J connectivity index is 1.92. The highest BCUT2D eigenvalue weighted by atomic mass is 16.1. The normalized spacial score (nSPS) is 15.9. The number of amides is 1. The second kappa shape index (κ2) is 5.47. The molecule has 2 aromatic carbocycles. The Morgan fingerprint density at radius 1 is 1.00 bits per heavy atom. The van der Waals surface area contributed by atoms with E-state index in [4.69, 9.17) is 5.73 Å². The van der Waals surface area contributed by atoms with Crippen LogP contribution in [0.3, 0.4) is 0 Å². The molecule has 0 saturated heterocycles. The number of nitrogens with one attached hydrogen (secondary N) is 1. The molecule has 3 N–H and O–H groups in total. The molecular formula is C17H18N2O. The van der Waals surface area contributed by atoms with Gasteiger partial charge in [-0.1, -0.05) is 42.5 Å². The van der Waals surface area contributed by atoms with E-state index in [1.165, 1.54) is 5.56 Å². The lowest BCUT2D eigenvalue weighted by molar-refractivity contribution is -0.116. The zero-order chi connectivity index (χ0) is 13.9. The minimum atomic E-state index is -0.125. The summed E-state index contributed by atoms with van der Waals surface area (Å²) in [5.74, 6) is 0.101. The first-order valence-electron chi connectivity index (χ1n) is 6.97. The molecule has 1 aliphatic rings. The Morgan fingerprint density at radius 3 is 2.60 bits per heavy atom. The molecule has 1 unspecified atom stereocenters. The van der Waals surface area contributed by atoms with Crippen molar-refractivity contribution in [3.05, 3.63) is 65.2 Å². The Bertz CT molecular complexity index is 622. The molecule has 1 amide bonds. The van der Waals surface area contributed by atoms with Gasteiger partial charge in [0.25, 0.3) is 0 Å². The van der Waals surface area contributed by atoms with Crippen LogP contribution >= 0.6 is 0 Å². The lowest BCUT2D eigenvalue weighted by Crippen LogP contribution is -2.13. The molecule has 3 rings (SSSR count). The smallest absolute Gasteiger partial charge is 0.224 e. The third-order valence-electron chi connectivity index (χ3n) is 3.77. The van der Waals surface area contributed by atoms with Gasteiger partial charge in [-0.05, 0) is 35.6 Å². The quantitative estimate of drug-likeness (QED) is 0.878. The monoisotopic (exact) mass is 266 g/mol. The molecule has 1 aliphatic heterocycles. The molecule has 0 bridgehead atoms. The highest BCUT2D eigenvalue weighted by molar-refractivity contribution is 5.92. The summed E-state index contributed by atoms with van der Waals surface area (Å²) in [6.07, 6.45) is 2.40. The van der Waals surface area contributed by atoms with E-state index >= 15 is 0 Å². The van der Waals surface area contributed by atoms with Gasteiger partial charge in [-0.2, -0.15) is 0 Å². The molecule has 0 fully saturated rings. The lowest BCUT2D eigenvalue weighted by atomic mass is 9.96. The summed E-state index contributed by atoms with van der Waals surface area (Å²) in [4.78, 5) is 11.6. The number of benzene rings is 2. The molecule has 2 aromatic rings. The fourth-order valence-corrected chi connectivity index (χ4v) is 2.64. The molecule has 0 spiro atoms. The number of fused-ring (bicyclic) bond motifs is 1. The maximum atomic E-state index is 11.6. The van der Waals surface area contributed by atoms with Gasteiger partial charge in [0.1, 0.15) is 0 Å². The molecule has 3 nitrogen and oxygen atoms in total. The number of nitrogens with two attached hydrogens (primary N) is 1. The SMILES string of the molecule is NC(c1ccccc1)c1ccc2c(c1)CCCC(=O)N2. The summed E-state index contributed by atoms with van der Waals surface area (Å²) >= 11 is 0. The summed E-state index contributed by atoms with van der Waals surface area (Å²) in [6, 6.07) is 16.0. The molecule has 3 heteroatoms. The molecule has 102 valence electrons. The van der Waals surface area contributed by atoms with E-state index < -0.39 is 0 Å².